The molecule has 0 radical (unpaired) electrons. The molecule has 0 fully saturated rings. The summed E-state index contributed by atoms with van der Waals surface area (Å²) in [6, 6.07) is 6.62. The summed E-state index contributed by atoms with van der Waals surface area (Å²) in [5.41, 5.74) is 13.9. The summed E-state index contributed by atoms with van der Waals surface area (Å²) >= 11 is 0. The topological polar surface area (TPSA) is 38.4 Å². The van der Waals surface area contributed by atoms with Crippen LogP contribution in [0.3, 0.4) is 0 Å². The van der Waals surface area contributed by atoms with Gasteiger partial charge in [0.25, 0.3) is 0 Å². The summed E-state index contributed by atoms with van der Waals surface area (Å²) in [6.07, 6.45) is 11.3. The smallest absolute Gasteiger partial charge is 0.125 e. The van der Waals surface area contributed by atoms with E-state index < -0.39 is 0 Å². The van der Waals surface area contributed by atoms with Gasteiger partial charge in [0, 0.05) is 11.6 Å². The van der Waals surface area contributed by atoms with Gasteiger partial charge in [0.15, 0.2) is 0 Å². The molecule has 1 aliphatic carbocycles. The van der Waals surface area contributed by atoms with Crippen LogP contribution in [0.2, 0.25) is 0 Å². The Morgan fingerprint density at radius 3 is 2.60 bits per heavy atom. The van der Waals surface area contributed by atoms with Crippen LogP contribution in [-0.4, -0.2) is 11.9 Å². The molecule has 0 aromatic heterocycles. The van der Waals surface area contributed by atoms with Crippen LogP contribution in [-0.2, 0) is 0 Å². The monoisotopic (exact) mass is 336 g/mol. The van der Waals surface area contributed by atoms with Gasteiger partial charge < -0.3 is 5.73 Å². The predicted molar refractivity (Wildman–Crippen MR) is 111 cm³/mol. The molecule has 0 aliphatic heterocycles. The maximum atomic E-state index is 6.31. The molecule has 2 N–H and O–H groups in total. The second-order valence-corrected chi connectivity index (χ2v) is 7.32. The first-order valence-electron chi connectivity index (χ1n) is 9.32. The Bertz CT molecular complexity index is 728. The minimum Gasteiger partial charge on any atom is -0.383 e. The molecule has 1 aromatic carbocycles. The van der Waals surface area contributed by atoms with E-state index in [9.17, 15) is 0 Å². The molecule has 0 spiro atoms. The Labute approximate surface area is 153 Å². The van der Waals surface area contributed by atoms with E-state index in [0.717, 1.165) is 18.4 Å². The minimum atomic E-state index is 0.227. The molecule has 0 saturated heterocycles. The normalized spacial score (nSPS) is 15.7. The van der Waals surface area contributed by atoms with Gasteiger partial charge >= 0.3 is 0 Å². The van der Waals surface area contributed by atoms with E-state index in [-0.39, 0.29) is 6.04 Å². The average Bonchev–Trinajstić information content (AvgIpc) is 2.60. The Kier molecular flexibility index (Phi) is 6.81. The Hall–Kier alpha value is -2.09. The van der Waals surface area contributed by atoms with E-state index in [1.54, 1.807) is 0 Å². The van der Waals surface area contributed by atoms with Crippen molar-refractivity contribution >= 4 is 11.4 Å². The lowest BCUT2D eigenvalue weighted by Gasteiger charge is -2.13. The number of nitrogens with two attached hydrogens (primary N) is 1. The highest BCUT2D eigenvalue weighted by molar-refractivity contribution is 5.98. The van der Waals surface area contributed by atoms with Gasteiger partial charge in [0.1, 0.15) is 5.84 Å². The van der Waals surface area contributed by atoms with Crippen molar-refractivity contribution in [2.45, 2.75) is 66.3 Å². The van der Waals surface area contributed by atoms with Crippen molar-refractivity contribution in [3.8, 4) is 0 Å². The summed E-state index contributed by atoms with van der Waals surface area (Å²) in [4.78, 5) is 4.73. The van der Waals surface area contributed by atoms with Crippen molar-refractivity contribution < 1.29 is 0 Å². The van der Waals surface area contributed by atoms with Crippen LogP contribution in [0.25, 0.3) is 5.57 Å². The second-order valence-electron chi connectivity index (χ2n) is 7.32. The van der Waals surface area contributed by atoms with E-state index in [2.05, 4.69) is 71.0 Å². The van der Waals surface area contributed by atoms with E-state index >= 15 is 0 Å². The fourth-order valence-electron chi connectivity index (χ4n) is 3.06. The van der Waals surface area contributed by atoms with Crippen LogP contribution in [0, 0.1) is 6.92 Å². The van der Waals surface area contributed by atoms with Crippen LogP contribution in [0.15, 0.2) is 52.6 Å². The van der Waals surface area contributed by atoms with Gasteiger partial charge in [-0.1, -0.05) is 41.5 Å². The molecule has 1 aromatic rings. The number of nitrogens with zero attached hydrogens (tertiary/aromatic N) is 1. The molecule has 0 heterocycles. The van der Waals surface area contributed by atoms with Crippen LogP contribution in [0.5, 0.6) is 0 Å². The van der Waals surface area contributed by atoms with E-state index in [1.807, 2.05) is 0 Å². The molecule has 2 rings (SSSR count). The molecule has 2 nitrogen and oxygen atoms in total. The summed E-state index contributed by atoms with van der Waals surface area (Å²) in [5.74, 6) is 0.642. The van der Waals surface area contributed by atoms with Crippen LogP contribution >= 0.6 is 0 Å². The third-order valence-electron chi connectivity index (χ3n) is 4.97. The van der Waals surface area contributed by atoms with Crippen LogP contribution < -0.4 is 5.73 Å². The Morgan fingerprint density at radius 1 is 1.20 bits per heavy atom. The number of rotatable bonds is 6. The molecule has 0 bridgehead atoms. The minimum absolute atomic E-state index is 0.227. The largest absolute Gasteiger partial charge is 0.383 e. The molecular formula is C23H32N2. The lowest BCUT2D eigenvalue weighted by Crippen LogP contribution is -2.17. The van der Waals surface area contributed by atoms with E-state index in [0.29, 0.717) is 5.84 Å². The average molecular weight is 337 g/mol. The van der Waals surface area contributed by atoms with Crippen molar-refractivity contribution in [3.05, 3.63) is 64.3 Å². The van der Waals surface area contributed by atoms with Gasteiger partial charge in [-0.15, -0.1) is 0 Å². The van der Waals surface area contributed by atoms with E-state index in [4.69, 9.17) is 10.7 Å². The van der Waals surface area contributed by atoms with Gasteiger partial charge in [-0.2, -0.15) is 0 Å². The quantitative estimate of drug-likeness (QED) is 0.505. The fourth-order valence-corrected chi connectivity index (χ4v) is 3.06. The molecule has 1 unspecified atom stereocenters. The first kappa shape index (κ1) is 19.2. The number of benzene rings is 1. The molecule has 0 saturated carbocycles. The second kappa shape index (κ2) is 8.84. The summed E-state index contributed by atoms with van der Waals surface area (Å²) < 4.78 is 0. The zero-order valence-corrected chi connectivity index (χ0v) is 16.4. The number of hydrogen-bond acceptors (Lipinski definition) is 1. The molecular weight excluding hydrogens is 304 g/mol. The number of allylic oxidation sites excluding steroid dienone is 6. The Balaban J connectivity index is 2.10. The number of amidine groups is 1. The van der Waals surface area contributed by atoms with Crippen LogP contribution in [0.1, 0.15) is 70.1 Å². The first-order valence-corrected chi connectivity index (χ1v) is 9.32. The van der Waals surface area contributed by atoms with Crippen molar-refractivity contribution in [3.63, 3.8) is 0 Å². The van der Waals surface area contributed by atoms with E-state index in [1.165, 1.54) is 40.7 Å². The van der Waals surface area contributed by atoms with Crippen molar-refractivity contribution in [2.75, 3.05) is 0 Å². The van der Waals surface area contributed by atoms with Crippen LogP contribution in [0.4, 0.5) is 0 Å². The SMILES string of the molecule is CC(C)=C(C)c1cc(C(N)=NC(C)CCC2=CCCC=C2)ccc1C. The molecule has 0 amide bonds. The molecule has 25 heavy (non-hydrogen) atoms. The maximum absolute atomic E-state index is 6.31. The summed E-state index contributed by atoms with van der Waals surface area (Å²) in [7, 11) is 0. The maximum Gasteiger partial charge on any atom is 0.125 e. The van der Waals surface area contributed by atoms with Gasteiger partial charge in [-0.05, 0) is 83.1 Å². The van der Waals surface area contributed by atoms with Gasteiger partial charge in [0.05, 0.1) is 0 Å². The lowest BCUT2D eigenvalue weighted by molar-refractivity contribution is 0.667. The third kappa shape index (κ3) is 5.45. The fraction of sp³-hybridized carbons (Fsp3) is 0.435. The molecule has 1 atom stereocenters. The highest BCUT2D eigenvalue weighted by atomic mass is 14.9. The highest BCUT2D eigenvalue weighted by Crippen LogP contribution is 2.23. The first-order chi connectivity index (χ1) is 11.9. The molecule has 1 aliphatic rings. The van der Waals surface area contributed by atoms with Gasteiger partial charge in [0.2, 0.25) is 0 Å². The van der Waals surface area contributed by atoms with Crippen molar-refractivity contribution in [1.29, 1.82) is 0 Å². The summed E-state index contributed by atoms with van der Waals surface area (Å²) in [5, 5.41) is 0. The van der Waals surface area contributed by atoms with Gasteiger partial charge in [-0.25, -0.2) is 0 Å². The zero-order valence-electron chi connectivity index (χ0n) is 16.4. The van der Waals surface area contributed by atoms with Crippen molar-refractivity contribution in [2.24, 2.45) is 10.7 Å². The predicted octanol–water partition coefficient (Wildman–Crippen LogP) is 5.96. The molecule has 2 heteroatoms. The number of hydrogen-bond donors (Lipinski definition) is 1. The third-order valence-corrected chi connectivity index (χ3v) is 4.97. The standard InChI is InChI=1S/C23H32N2/c1-16(2)19(5)22-15-21(14-11-17(22)3)23(24)25-18(4)12-13-20-9-7-6-8-10-20/h7,9-11,14-15,18H,6,8,12-13H2,1-5H3,(H2,24,25). The summed E-state index contributed by atoms with van der Waals surface area (Å²) in [6.45, 7) is 10.8. The highest BCUT2D eigenvalue weighted by Gasteiger charge is 2.08. The molecule has 134 valence electrons. The lowest BCUT2D eigenvalue weighted by atomic mass is 9.96. The van der Waals surface area contributed by atoms with Crippen molar-refractivity contribution in [1.82, 2.24) is 0 Å². The number of aryl methyl sites for hydroxylation is 1. The number of aliphatic imine (C=N–C) groups is 1. The van der Waals surface area contributed by atoms with Gasteiger partial charge in [-0.3, -0.25) is 4.99 Å². The Morgan fingerprint density at radius 2 is 1.96 bits per heavy atom. The zero-order chi connectivity index (χ0) is 18.4.